The van der Waals surface area contributed by atoms with Gasteiger partial charge >= 0.3 is 0 Å². The fourth-order valence-corrected chi connectivity index (χ4v) is 2.17. The molecule has 0 aromatic heterocycles. The third-order valence-corrected chi connectivity index (χ3v) is 3.57. The van der Waals surface area contributed by atoms with E-state index in [-0.39, 0.29) is 12.0 Å². The van der Waals surface area contributed by atoms with Crippen molar-refractivity contribution in [2.24, 2.45) is 0 Å². The summed E-state index contributed by atoms with van der Waals surface area (Å²) in [4.78, 5) is 0. The lowest BCUT2D eigenvalue weighted by molar-refractivity contribution is 0.173. The van der Waals surface area contributed by atoms with Crippen LogP contribution in [0.2, 0.25) is 10.0 Å². The molecule has 0 spiro atoms. The molecule has 0 aliphatic carbocycles. The highest BCUT2D eigenvalue weighted by Gasteiger charge is 2.15. The van der Waals surface area contributed by atoms with Gasteiger partial charge in [-0.25, -0.2) is 4.39 Å². The van der Waals surface area contributed by atoms with Crippen LogP contribution in [-0.2, 0) is 6.42 Å². The fourth-order valence-electron chi connectivity index (χ4n) is 1.77. The molecule has 18 heavy (non-hydrogen) atoms. The number of rotatable bonds is 3. The minimum Gasteiger partial charge on any atom is -0.388 e. The Bertz CT molecular complexity index is 557. The van der Waals surface area contributed by atoms with Crippen LogP contribution in [0.1, 0.15) is 17.2 Å². The van der Waals surface area contributed by atoms with Gasteiger partial charge in [0.05, 0.1) is 16.1 Å². The number of aliphatic hydroxyl groups excluding tert-OH is 1. The van der Waals surface area contributed by atoms with Crippen molar-refractivity contribution in [2.45, 2.75) is 12.5 Å². The number of hydrogen-bond acceptors (Lipinski definition) is 1. The first-order chi connectivity index (χ1) is 8.59. The summed E-state index contributed by atoms with van der Waals surface area (Å²) in [6.07, 6.45) is -0.720. The average molecular weight is 285 g/mol. The maximum atomic E-state index is 13.5. The molecule has 0 aliphatic rings. The van der Waals surface area contributed by atoms with Crippen molar-refractivity contribution in [3.8, 4) is 0 Å². The van der Waals surface area contributed by atoms with E-state index < -0.39 is 11.9 Å². The first-order valence-corrected chi connectivity index (χ1v) is 6.20. The summed E-state index contributed by atoms with van der Waals surface area (Å²) < 4.78 is 13.5. The summed E-state index contributed by atoms with van der Waals surface area (Å²) >= 11 is 11.9. The Morgan fingerprint density at radius 3 is 2.50 bits per heavy atom. The Hall–Kier alpha value is -1.09. The average Bonchev–Trinajstić information content (AvgIpc) is 2.35. The van der Waals surface area contributed by atoms with Gasteiger partial charge in [-0.2, -0.15) is 0 Å². The van der Waals surface area contributed by atoms with E-state index in [9.17, 15) is 9.50 Å². The van der Waals surface area contributed by atoms with Gasteiger partial charge in [-0.1, -0.05) is 53.5 Å². The topological polar surface area (TPSA) is 20.2 Å². The molecule has 0 saturated carbocycles. The summed E-state index contributed by atoms with van der Waals surface area (Å²) in [6, 6.07) is 11.3. The summed E-state index contributed by atoms with van der Waals surface area (Å²) in [7, 11) is 0. The molecule has 0 saturated heterocycles. The molecule has 0 aliphatic heterocycles. The van der Waals surface area contributed by atoms with Gasteiger partial charge in [0.1, 0.15) is 5.82 Å². The molecule has 0 bridgehead atoms. The molecule has 4 heteroatoms. The maximum Gasteiger partial charge on any atom is 0.129 e. The molecule has 2 aromatic carbocycles. The third-order valence-electron chi connectivity index (χ3n) is 2.71. The number of aliphatic hydroxyl groups is 1. The van der Waals surface area contributed by atoms with E-state index in [1.165, 1.54) is 6.07 Å². The minimum atomic E-state index is -0.942. The molecule has 0 radical (unpaired) electrons. The Morgan fingerprint density at radius 1 is 1.06 bits per heavy atom. The molecule has 0 heterocycles. The van der Waals surface area contributed by atoms with Gasteiger partial charge in [0, 0.05) is 12.0 Å². The van der Waals surface area contributed by atoms with Crippen molar-refractivity contribution < 1.29 is 9.50 Å². The predicted molar refractivity (Wildman–Crippen MR) is 71.5 cm³/mol. The zero-order valence-electron chi connectivity index (χ0n) is 9.41. The molecular weight excluding hydrogens is 274 g/mol. The number of hydrogen-bond donors (Lipinski definition) is 1. The quantitative estimate of drug-likeness (QED) is 0.885. The third kappa shape index (κ3) is 2.83. The number of halogens is 3. The van der Waals surface area contributed by atoms with Crippen LogP contribution in [0.3, 0.4) is 0 Å². The second-order valence-electron chi connectivity index (χ2n) is 3.95. The predicted octanol–water partition coefficient (Wildman–Crippen LogP) is 4.41. The second-order valence-corrected chi connectivity index (χ2v) is 4.74. The lowest BCUT2D eigenvalue weighted by Gasteiger charge is -2.13. The Kier molecular flexibility index (Phi) is 4.23. The summed E-state index contributed by atoms with van der Waals surface area (Å²) in [6.45, 7) is 0. The smallest absolute Gasteiger partial charge is 0.129 e. The van der Waals surface area contributed by atoms with Gasteiger partial charge in [-0.05, 0) is 17.7 Å². The molecule has 2 aromatic rings. The molecule has 1 atom stereocenters. The molecule has 0 amide bonds. The second kappa shape index (κ2) is 5.70. The molecular formula is C14H11Cl2FO. The van der Waals surface area contributed by atoms with E-state index in [4.69, 9.17) is 23.2 Å². The zero-order valence-corrected chi connectivity index (χ0v) is 10.9. The van der Waals surface area contributed by atoms with Crippen molar-refractivity contribution in [2.75, 3.05) is 0 Å². The fraction of sp³-hybridized carbons (Fsp3) is 0.143. The van der Waals surface area contributed by atoms with Crippen molar-refractivity contribution in [1.29, 1.82) is 0 Å². The van der Waals surface area contributed by atoms with Crippen LogP contribution < -0.4 is 0 Å². The SMILES string of the molecule is OC(Cc1cccc(Cl)c1Cl)c1ccccc1F. The van der Waals surface area contributed by atoms with Crippen LogP contribution in [0.5, 0.6) is 0 Å². The first-order valence-electron chi connectivity index (χ1n) is 5.45. The molecule has 1 unspecified atom stereocenters. The molecule has 1 nitrogen and oxygen atoms in total. The largest absolute Gasteiger partial charge is 0.388 e. The van der Waals surface area contributed by atoms with Crippen LogP contribution in [-0.4, -0.2) is 5.11 Å². The highest BCUT2D eigenvalue weighted by molar-refractivity contribution is 6.42. The van der Waals surface area contributed by atoms with Gasteiger partial charge in [-0.15, -0.1) is 0 Å². The summed E-state index contributed by atoms with van der Waals surface area (Å²) in [5.41, 5.74) is 0.952. The lowest BCUT2D eigenvalue weighted by atomic mass is 10.0. The van der Waals surface area contributed by atoms with Crippen LogP contribution >= 0.6 is 23.2 Å². The Balaban J connectivity index is 2.24. The van der Waals surface area contributed by atoms with Crippen molar-refractivity contribution in [1.82, 2.24) is 0 Å². The summed E-state index contributed by atoms with van der Waals surface area (Å²) in [5, 5.41) is 10.9. The van der Waals surface area contributed by atoms with Gasteiger partial charge in [0.25, 0.3) is 0 Å². The van der Waals surface area contributed by atoms with E-state index in [0.29, 0.717) is 15.6 Å². The van der Waals surface area contributed by atoms with Gasteiger partial charge in [-0.3, -0.25) is 0 Å². The zero-order chi connectivity index (χ0) is 13.1. The van der Waals surface area contributed by atoms with Crippen molar-refractivity contribution in [3.63, 3.8) is 0 Å². The monoisotopic (exact) mass is 284 g/mol. The van der Waals surface area contributed by atoms with Gasteiger partial charge in [0.2, 0.25) is 0 Å². The van der Waals surface area contributed by atoms with Crippen LogP contribution in [0.15, 0.2) is 42.5 Å². The molecule has 0 fully saturated rings. The maximum absolute atomic E-state index is 13.5. The van der Waals surface area contributed by atoms with E-state index in [1.54, 1.807) is 36.4 Å². The Labute approximate surface area is 115 Å². The first kappa shape index (κ1) is 13.3. The normalized spacial score (nSPS) is 12.4. The van der Waals surface area contributed by atoms with E-state index in [0.717, 1.165) is 0 Å². The van der Waals surface area contributed by atoms with Crippen LogP contribution in [0, 0.1) is 5.82 Å². The highest BCUT2D eigenvalue weighted by atomic mass is 35.5. The molecule has 2 rings (SSSR count). The highest BCUT2D eigenvalue weighted by Crippen LogP contribution is 2.29. The van der Waals surface area contributed by atoms with Crippen molar-refractivity contribution >= 4 is 23.2 Å². The number of benzene rings is 2. The van der Waals surface area contributed by atoms with E-state index >= 15 is 0 Å². The molecule has 1 N–H and O–H groups in total. The standard InChI is InChI=1S/C14H11Cl2FO/c15-11-6-3-4-9(14(11)16)8-13(18)10-5-1-2-7-12(10)17/h1-7,13,18H,8H2. The van der Waals surface area contributed by atoms with E-state index in [2.05, 4.69) is 0 Å². The summed E-state index contributed by atoms with van der Waals surface area (Å²) in [5.74, 6) is -0.428. The Morgan fingerprint density at radius 2 is 1.78 bits per heavy atom. The van der Waals surface area contributed by atoms with Crippen LogP contribution in [0.25, 0.3) is 0 Å². The van der Waals surface area contributed by atoms with E-state index in [1.807, 2.05) is 0 Å². The lowest BCUT2D eigenvalue weighted by Crippen LogP contribution is -2.04. The van der Waals surface area contributed by atoms with Gasteiger partial charge < -0.3 is 5.11 Å². The minimum absolute atomic E-state index is 0.223. The van der Waals surface area contributed by atoms with Crippen molar-refractivity contribution in [3.05, 3.63) is 69.5 Å². The van der Waals surface area contributed by atoms with Crippen LogP contribution in [0.4, 0.5) is 4.39 Å². The van der Waals surface area contributed by atoms with Gasteiger partial charge in [0.15, 0.2) is 0 Å². The molecule has 94 valence electrons.